The molecule has 7 heteroatoms. The third-order valence-electron chi connectivity index (χ3n) is 5.25. The number of carbonyl (C=O) groups is 2. The Labute approximate surface area is 191 Å². The number of aromatic nitrogens is 3. The van der Waals surface area contributed by atoms with Crippen molar-refractivity contribution < 1.29 is 14.7 Å². The van der Waals surface area contributed by atoms with Gasteiger partial charge < -0.3 is 10.0 Å². The van der Waals surface area contributed by atoms with Crippen molar-refractivity contribution in [2.45, 2.75) is 13.5 Å². The lowest BCUT2D eigenvalue weighted by Gasteiger charge is -2.23. The van der Waals surface area contributed by atoms with Crippen molar-refractivity contribution in [2.24, 2.45) is 5.92 Å². The first-order valence-electron chi connectivity index (χ1n) is 10.7. The zero-order valence-electron chi connectivity index (χ0n) is 18.2. The van der Waals surface area contributed by atoms with Gasteiger partial charge in [0.15, 0.2) is 5.82 Å². The first-order chi connectivity index (χ1) is 16.0. The van der Waals surface area contributed by atoms with Crippen molar-refractivity contribution in [3.8, 4) is 17.1 Å². The summed E-state index contributed by atoms with van der Waals surface area (Å²) in [6.07, 6.45) is 0. The molecule has 1 unspecified atom stereocenters. The molecule has 0 spiro atoms. The number of aliphatic carboxylic acids is 1. The summed E-state index contributed by atoms with van der Waals surface area (Å²) in [5.74, 6) is -1.56. The molecular formula is C26H24N4O3. The Morgan fingerprint density at radius 3 is 2.09 bits per heavy atom. The number of rotatable bonds is 8. The Kier molecular flexibility index (Phi) is 6.59. The monoisotopic (exact) mass is 440 g/mol. The largest absolute Gasteiger partial charge is 0.481 e. The van der Waals surface area contributed by atoms with E-state index >= 15 is 0 Å². The molecule has 3 aromatic carbocycles. The lowest BCUT2D eigenvalue weighted by molar-refractivity contribution is -0.141. The summed E-state index contributed by atoms with van der Waals surface area (Å²) in [6, 6.07) is 28.5. The molecule has 1 N–H and O–H groups in total. The van der Waals surface area contributed by atoms with Crippen LogP contribution in [0.3, 0.4) is 0 Å². The summed E-state index contributed by atoms with van der Waals surface area (Å²) in [6.45, 7) is 1.89. The molecule has 1 atom stereocenters. The highest BCUT2D eigenvalue weighted by Crippen LogP contribution is 2.22. The van der Waals surface area contributed by atoms with Crippen LogP contribution >= 0.6 is 0 Å². The number of carboxylic acids is 1. The van der Waals surface area contributed by atoms with Crippen LogP contribution in [-0.4, -0.2) is 43.2 Å². The fraction of sp³-hybridized carbons (Fsp3) is 0.154. The number of para-hydroxylation sites is 1. The fourth-order valence-corrected chi connectivity index (χ4v) is 3.50. The van der Waals surface area contributed by atoms with Crippen LogP contribution in [-0.2, 0) is 11.3 Å². The first kappa shape index (κ1) is 22.0. The van der Waals surface area contributed by atoms with Crippen LogP contribution in [0.25, 0.3) is 17.1 Å². The summed E-state index contributed by atoms with van der Waals surface area (Å²) in [5, 5.41) is 14.0. The van der Waals surface area contributed by atoms with E-state index in [1.54, 1.807) is 11.6 Å². The molecule has 0 saturated carbocycles. The van der Waals surface area contributed by atoms with Crippen molar-refractivity contribution in [1.29, 1.82) is 0 Å². The minimum absolute atomic E-state index is 0.0197. The Bertz CT molecular complexity index is 1170. The lowest BCUT2D eigenvalue weighted by Crippen LogP contribution is -2.37. The number of nitrogens with zero attached hydrogens (tertiary/aromatic N) is 4. The zero-order valence-corrected chi connectivity index (χ0v) is 18.2. The van der Waals surface area contributed by atoms with Crippen molar-refractivity contribution >= 4 is 11.9 Å². The Hall–Kier alpha value is -4.26. The molecule has 33 heavy (non-hydrogen) atoms. The minimum atomic E-state index is -0.964. The molecule has 4 aromatic rings. The van der Waals surface area contributed by atoms with Crippen molar-refractivity contribution in [2.75, 3.05) is 6.54 Å². The summed E-state index contributed by atoms with van der Waals surface area (Å²) >= 11 is 0. The lowest BCUT2D eigenvalue weighted by atomic mass is 10.1. The standard InChI is InChI=1S/C26H24N4O3/c1-19(26(32)33)17-29(18-20-11-5-2-6-12-20)25(31)23-27-24(21-13-7-3-8-14-21)30(28-23)22-15-9-4-10-16-22/h2-16,19H,17-18H2,1H3,(H,32,33). The number of hydrogen-bond donors (Lipinski definition) is 1. The van der Waals surface area contributed by atoms with Crippen LogP contribution < -0.4 is 0 Å². The highest BCUT2D eigenvalue weighted by atomic mass is 16.4. The van der Waals surface area contributed by atoms with E-state index in [0.29, 0.717) is 5.82 Å². The molecule has 7 nitrogen and oxygen atoms in total. The van der Waals surface area contributed by atoms with Gasteiger partial charge in [0.05, 0.1) is 11.6 Å². The molecule has 0 fully saturated rings. The molecule has 0 aliphatic rings. The van der Waals surface area contributed by atoms with Gasteiger partial charge in [-0.25, -0.2) is 9.67 Å². The van der Waals surface area contributed by atoms with E-state index < -0.39 is 17.8 Å². The second-order valence-corrected chi connectivity index (χ2v) is 7.78. The van der Waals surface area contributed by atoms with Crippen LogP contribution in [0.2, 0.25) is 0 Å². The second-order valence-electron chi connectivity index (χ2n) is 7.78. The third-order valence-corrected chi connectivity index (χ3v) is 5.25. The SMILES string of the molecule is CC(CN(Cc1ccccc1)C(=O)c1nc(-c2ccccc2)n(-c2ccccc2)n1)C(=O)O. The van der Waals surface area contributed by atoms with E-state index in [4.69, 9.17) is 0 Å². The zero-order chi connectivity index (χ0) is 23.2. The van der Waals surface area contributed by atoms with E-state index in [2.05, 4.69) is 10.1 Å². The number of carboxylic acid groups (broad SMARTS) is 1. The maximum absolute atomic E-state index is 13.5. The van der Waals surface area contributed by atoms with Crippen LogP contribution in [0.4, 0.5) is 0 Å². The number of benzene rings is 3. The molecule has 166 valence electrons. The average Bonchev–Trinajstić information content (AvgIpc) is 3.30. The van der Waals surface area contributed by atoms with E-state index in [1.807, 2.05) is 91.0 Å². The van der Waals surface area contributed by atoms with Gasteiger partial charge in [0, 0.05) is 18.7 Å². The molecule has 1 amide bonds. The second kappa shape index (κ2) is 9.91. The summed E-state index contributed by atoms with van der Waals surface area (Å²) in [4.78, 5) is 31.1. The van der Waals surface area contributed by atoms with Gasteiger partial charge >= 0.3 is 5.97 Å². The highest BCUT2D eigenvalue weighted by Gasteiger charge is 2.26. The maximum atomic E-state index is 13.5. The molecule has 0 aliphatic carbocycles. The summed E-state index contributed by atoms with van der Waals surface area (Å²) < 4.78 is 1.64. The van der Waals surface area contributed by atoms with Crippen LogP contribution in [0.1, 0.15) is 23.1 Å². The van der Waals surface area contributed by atoms with Crippen molar-refractivity contribution in [3.05, 3.63) is 102 Å². The van der Waals surface area contributed by atoms with Gasteiger partial charge in [-0.3, -0.25) is 9.59 Å². The molecule has 0 bridgehead atoms. The van der Waals surface area contributed by atoms with Gasteiger partial charge in [0.1, 0.15) is 0 Å². The van der Waals surface area contributed by atoms with Gasteiger partial charge in [0.2, 0.25) is 5.82 Å². The summed E-state index contributed by atoms with van der Waals surface area (Å²) in [7, 11) is 0. The van der Waals surface area contributed by atoms with Crippen molar-refractivity contribution in [3.63, 3.8) is 0 Å². The number of carbonyl (C=O) groups excluding carboxylic acids is 1. The Morgan fingerprint density at radius 2 is 1.48 bits per heavy atom. The molecule has 4 rings (SSSR count). The van der Waals surface area contributed by atoms with E-state index in [-0.39, 0.29) is 18.9 Å². The fourth-order valence-electron chi connectivity index (χ4n) is 3.50. The minimum Gasteiger partial charge on any atom is -0.481 e. The topological polar surface area (TPSA) is 88.3 Å². The predicted molar refractivity (Wildman–Crippen MR) is 125 cm³/mol. The third kappa shape index (κ3) is 5.15. The van der Waals surface area contributed by atoms with Gasteiger partial charge in [-0.05, 0) is 17.7 Å². The molecule has 1 heterocycles. The van der Waals surface area contributed by atoms with Crippen molar-refractivity contribution in [1.82, 2.24) is 19.7 Å². The average molecular weight is 441 g/mol. The quantitative estimate of drug-likeness (QED) is 0.441. The van der Waals surface area contributed by atoms with E-state index in [0.717, 1.165) is 16.8 Å². The Balaban J connectivity index is 1.74. The van der Waals surface area contributed by atoms with Gasteiger partial charge in [-0.15, -0.1) is 5.10 Å². The van der Waals surface area contributed by atoms with Gasteiger partial charge in [-0.1, -0.05) is 85.8 Å². The van der Waals surface area contributed by atoms with Gasteiger partial charge in [0.25, 0.3) is 5.91 Å². The first-order valence-corrected chi connectivity index (χ1v) is 10.7. The Morgan fingerprint density at radius 1 is 0.909 bits per heavy atom. The van der Waals surface area contributed by atoms with Gasteiger partial charge in [-0.2, -0.15) is 0 Å². The predicted octanol–water partition coefficient (Wildman–Crippen LogP) is 4.30. The smallest absolute Gasteiger partial charge is 0.308 e. The number of hydrogen-bond acceptors (Lipinski definition) is 4. The number of amides is 1. The van der Waals surface area contributed by atoms with Crippen LogP contribution in [0.15, 0.2) is 91.0 Å². The summed E-state index contributed by atoms with van der Waals surface area (Å²) in [5.41, 5.74) is 2.49. The van der Waals surface area contributed by atoms with E-state index in [1.165, 1.54) is 4.90 Å². The normalized spacial score (nSPS) is 11.7. The molecule has 0 aliphatic heterocycles. The molecular weight excluding hydrogens is 416 g/mol. The maximum Gasteiger partial charge on any atom is 0.308 e. The van der Waals surface area contributed by atoms with Crippen LogP contribution in [0, 0.1) is 5.92 Å². The molecule has 0 saturated heterocycles. The van der Waals surface area contributed by atoms with E-state index in [9.17, 15) is 14.7 Å². The molecule has 1 aromatic heterocycles. The molecule has 0 radical (unpaired) electrons. The highest BCUT2D eigenvalue weighted by molar-refractivity contribution is 5.91. The van der Waals surface area contributed by atoms with Crippen LogP contribution in [0.5, 0.6) is 0 Å².